The molecule has 132 valence electrons. The zero-order valence-electron chi connectivity index (χ0n) is 14.9. The lowest BCUT2D eigenvalue weighted by molar-refractivity contribution is -0.114. The third kappa shape index (κ3) is 3.17. The summed E-state index contributed by atoms with van der Waals surface area (Å²) in [6.45, 7) is 5.16. The first-order valence-electron chi connectivity index (χ1n) is 8.53. The Kier molecular flexibility index (Phi) is 4.63. The number of fused-ring (bicyclic) bond motifs is 1. The van der Waals surface area contributed by atoms with Gasteiger partial charge in [0.2, 0.25) is 0 Å². The number of ketones is 1. The summed E-state index contributed by atoms with van der Waals surface area (Å²) >= 11 is 0. The zero-order chi connectivity index (χ0) is 18.2. The number of carbonyl (C=O) groups is 1. The minimum Gasteiger partial charge on any atom is -0.387 e. The number of aliphatic hydroxyl groups excluding tert-OH is 1. The molecule has 1 aliphatic carbocycles. The van der Waals surface area contributed by atoms with Crippen molar-refractivity contribution in [1.29, 1.82) is 5.26 Å². The molecule has 0 aromatic carbocycles. The smallest absolute Gasteiger partial charge is 0.179 e. The average molecular weight is 341 g/mol. The molecule has 0 bridgehead atoms. The van der Waals surface area contributed by atoms with E-state index in [1.807, 2.05) is 6.07 Å². The molecule has 0 radical (unpaired) electrons. The second kappa shape index (κ2) is 6.58. The maximum absolute atomic E-state index is 12.4. The number of aliphatic hydroxyl groups is 1. The summed E-state index contributed by atoms with van der Waals surface area (Å²) in [5.74, 6) is -0.170. The first-order chi connectivity index (χ1) is 11.9. The molecule has 2 aliphatic rings. The van der Waals surface area contributed by atoms with Crippen LogP contribution in [0, 0.1) is 11.3 Å². The maximum Gasteiger partial charge on any atom is 0.179 e. The molecule has 1 atom stereocenters. The summed E-state index contributed by atoms with van der Waals surface area (Å²) in [5.41, 5.74) is 2.90. The van der Waals surface area contributed by atoms with Gasteiger partial charge in [0.25, 0.3) is 0 Å². The van der Waals surface area contributed by atoms with E-state index in [9.17, 15) is 15.2 Å². The van der Waals surface area contributed by atoms with Gasteiger partial charge in [-0.3, -0.25) is 9.78 Å². The molecule has 2 heterocycles. The molecule has 0 amide bonds. The molecule has 6 heteroatoms. The number of nitriles is 1. The van der Waals surface area contributed by atoms with Crippen molar-refractivity contribution < 1.29 is 14.6 Å². The zero-order valence-corrected chi connectivity index (χ0v) is 14.9. The Balaban J connectivity index is 2.05. The van der Waals surface area contributed by atoms with E-state index in [1.54, 1.807) is 20.2 Å². The quantitative estimate of drug-likeness (QED) is 0.905. The Morgan fingerprint density at radius 2 is 2.12 bits per heavy atom. The Bertz CT molecular complexity index is 769. The monoisotopic (exact) mass is 341 g/mol. The van der Waals surface area contributed by atoms with Gasteiger partial charge in [-0.05, 0) is 38.3 Å². The number of hydrogen-bond acceptors (Lipinski definition) is 6. The van der Waals surface area contributed by atoms with Crippen molar-refractivity contribution in [3.8, 4) is 6.07 Å². The van der Waals surface area contributed by atoms with E-state index < -0.39 is 6.10 Å². The fraction of sp³-hybridized carbons (Fsp3) is 0.526. The van der Waals surface area contributed by atoms with Crippen LogP contribution >= 0.6 is 0 Å². The van der Waals surface area contributed by atoms with Gasteiger partial charge >= 0.3 is 0 Å². The molecule has 25 heavy (non-hydrogen) atoms. The van der Waals surface area contributed by atoms with E-state index in [4.69, 9.17) is 4.74 Å². The number of hydrogen-bond donors (Lipinski definition) is 1. The summed E-state index contributed by atoms with van der Waals surface area (Å²) < 4.78 is 5.59. The van der Waals surface area contributed by atoms with Crippen LogP contribution in [0.1, 0.15) is 49.6 Å². The van der Waals surface area contributed by atoms with Crippen molar-refractivity contribution in [2.75, 3.05) is 20.2 Å². The highest BCUT2D eigenvalue weighted by atomic mass is 16.5. The van der Waals surface area contributed by atoms with Gasteiger partial charge in [-0.1, -0.05) is 0 Å². The standard InChI is InChI=1S/C19H23N3O3/c1-12(23)16-9-14-13(11-21-16)8-17(24)15(10-20)18(14)22-6-4-19(2,25-3)5-7-22/h9,11-12,23H,4-8H2,1-3H3/t12-/m0/s1. The van der Waals surface area contributed by atoms with Crippen LogP contribution in [-0.2, 0) is 16.0 Å². The summed E-state index contributed by atoms with van der Waals surface area (Å²) in [4.78, 5) is 18.8. The third-order valence-corrected chi connectivity index (χ3v) is 5.30. The number of pyridine rings is 1. The van der Waals surface area contributed by atoms with Gasteiger partial charge in [0, 0.05) is 38.4 Å². The van der Waals surface area contributed by atoms with Crippen LogP contribution in [0.4, 0.5) is 0 Å². The number of rotatable bonds is 3. The molecule has 0 saturated carbocycles. The summed E-state index contributed by atoms with van der Waals surface area (Å²) in [6.07, 6.45) is 2.77. The Labute approximate surface area is 147 Å². The van der Waals surface area contributed by atoms with Crippen LogP contribution in [0.5, 0.6) is 0 Å². The number of allylic oxidation sites excluding steroid dienone is 1. The second-order valence-corrected chi connectivity index (χ2v) is 7.02. The number of ether oxygens (including phenoxy) is 1. The molecule has 1 saturated heterocycles. The maximum atomic E-state index is 12.4. The number of Topliss-reactive ketones (excluding diaryl/α,β-unsaturated/α-hetero) is 1. The molecule has 0 spiro atoms. The summed E-state index contributed by atoms with van der Waals surface area (Å²) in [6, 6.07) is 3.91. The molecule has 1 fully saturated rings. The van der Waals surface area contributed by atoms with Gasteiger partial charge in [0.15, 0.2) is 5.78 Å². The first-order valence-corrected chi connectivity index (χ1v) is 8.53. The molecule has 1 aliphatic heterocycles. The number of aromatic nitrogens is 1. The van der Waals surface area contributed by atoms with Crippen LogP contribution in [0.2, 0.25) is 0 Å². The molecular weight excluding hydrogens is 318 g/mol. The van der Waals surface area contributed by atoms with Crippen molar-refractivity contribution in [3.63, 3.8) is 0 Å². The SMILES string of the molecule is COC1(C)CCN(C2=C(C#N)C(=O)Cc3cnc([C@H](C)O)cc32)CC1. The molecule has 0 unspecified atom stereocenters. The van der Waals surface area contributed by atoms with Crippen LogP contribution in [0.3, 0.4) is 0 Å². The number of piperidine rings is 1. The van der Waals surface area contributed by atoms with Crippen molar-refractivity contribution in [3.05, 3.63) is 34.7 Å². The van der Waals surface area contributed by atoms with Crippen LogP contribution in [0.25, 0.3) is 5.70 Å². The Morgan fingerprint density at radius 3 is 2.68 bits per heavy atom. The van der Waals surface area contributed by atoms with Gasteiger partial charge in [0.1, 0.15) is 11.6 Å². The number of methoxy groups -OCH3 is 1. The highest BCUT2D eigenvalue weighted by Gasteiger charge is 2.35. The molecule has 1 aromatic rings. The van der Waals surface area contributed by atoms with Crippen molar-refractivity contribution in [2.24, 2.45) is 0 Å². The number of carbonyl (C=O) groups excluding carboxylic acids is 1. The Morgan fingerprint density at radius 1 is 1.44 bits per heavy atom. The number of nitrogens with zero attached hydrogens (tertiary/aromatic N) is 3. The molecule has 1 aromatic heterocycles. The summed E-state index contributed by atoms with van der Waals surface area (Å²) in [7, 11) is 1.72. The van der Waals surface area contributed by atoms with Gasteiger partial charge in [-0.2, -0.15) is 5.26 Å². The lowest BCUT2D eigenvalue weighted by Crippen LogP contribution is -2.43. The Hall–Kier alpha value is -2.23. The minimum atomic E-state index is -0.701. The van der Waals surface area contributed by atoms with Crippen molar-refractivity contribution in [2.45, 2.75) is 44.8 Å². The average Bonchev–Trinajstić information content (AvgIpc) is 2.61. The van der Waals surface area contributed by atoms with Crippen LogP contribution in [-0.4, -0.2) is 46.6 Å². The fourth-order valence-corrected chi connectivity index (χ4v) is 3.47. The largest absolute Gasteiger partial charge is 0.387 e. The molecular formula is C19H23N3O3. The normalized spacial score (nSPS) is 20.9. The predicted octanol–water partition coefficient (Wildman–Crippen LogP) is 2.00. The lowest BCUT2D eigenvalue weighted by atomic mass is 9.86. The van der Waals surface area contributed by atoms with E-state index in [0.29, 0.717) is 24.5 Å². The van der Waals surface area contributed by atoms with E-state index >= 15 is 0 Å². The predicted molar refractivity (Wildman–Crippen MR) is 92.3 cm³/mol. The second-order valence-electron chi connectivity index (χ2n) is 7.02. The van der Waals surface area contributed by atoms with E-state index in [1.165, 1.54) is 0 Å². The van der Waals surface area contributed by atoms with Gasteiger partial charge in [-0.25, -0.2) is 0 Å². The minimum absolute atomic E-state index is 0.170. The van der Waals surface area contributed by atoms with Crippen LogP contribution < -0.4 is 0 Å². The molecule has 6 nitrogen and oxygen atoms in total. The van der Waals surface area contributed by atoms with Crippen molar-refractivity contribution in [1.82, 2.24) is 9.88 Å². The highest BCUT2D eigenvalue weighted by molar-refractivity contribution is 6.09. The number of likely N-dealkylation sites (tertiary alicyclic amines) is 1. The lowest BCUT2D eigenvalue weighted by Gasteiger charge is -2.41. The topological polar surface area (TPSA) is 86.5 Å². The van der Waals surface area contributed by atoms with Crippen molar-refractivity contribution >= 4 is 11.5 Å². The third-order valence-electron chi connectivity index (χ3n) is 5.30. The van der Waals surface area contributed by atoms with E-state index in [-0.39, 0.29) is 23.4 Å². The molecule has 3 rings (SSSR count). The fourth-order valence-electron chi connectivity index (χ4n) is 3.47. The highest BCUT2D eigenvalue weighted by Crippen LogP contribution is 2.36. The van der Waals surface area contributed by atoms with Gasteiger partial charge in [-0.15, -0.1) is 0 Å². The van der Waals surface area contributed by atoms with Gasteiger partial charge in [0.05, 0.1) is 23.1 Å². The van der Waals surface area contributed by atoms with E-state index in [2.05, 4.69) is 22.9 Å². The first kappa shape index (κ1) is 17.6. The molecule has 1 N–H and O–H groups in total. The summed E-state index contributed by atoms with van der Waals surface area (Å²) in [5, 5.41) is 19.4. The van der Waals surface area contributed by atoms with E-state index in [0.717, 1.165) is 24.0 Å². The van der Waals surface area contributed by atoms with Gasteiger partial charge < -0.3 is 14.7 Å². The van der Waals surface area contributed by atoms with Crippen LogP contribution in [0.15, 0.2) is 17.8 Å².